The molecule has 0 amide bonds. The highest BCUT2D eigenvalue weighted by Crippen LogP contribution is 2.25. The first-order valence-electron chi connectivity index (χ1n) is 5.00. The molecule has 17 heavy (non-hydrogen) atoms. The van der Waals surface area contributed by atoms with Crippen LogP contribution in [-0.4, -0.2) is 16.6 Å². The third-order valence-corrected chi connectivity index (χ3v) is 2.47. The molecule has 3 nitrogen and oxygen atoms in total. The summed E-state index contributed by atoms with van der Waals surface area (Å²) < 4.78 is 31.1. The zero-order valence-corrected chi connectivity index (χ0v) is 9.76. The monoisotopic (exact) mass is 258 g/mol. The molecule has 2 rings (SSSR count). The second-order valence-electron chi connectivity index (χ2n) is 3.30. The summed E-state index contributed by atoms with van der Waals surface area (Å²) in [6, 6.07) is 2.55. The van der Waals surface area contributed by atoms with Crippen molar-refractivity contribution >= 4 is 22.6 Å². The van der Waals surface area contributed by atoms with Gasteiger partial charge in [-0.05, 0) is 6.92 Å². The van der Waals surface area contributed by atoms with Gasteiger partial charge < -0.3 is 4.74 Å². The minimum Gasteiger partial charge on any atom is -0.491 e. The van der Waals surface area contributed by atoms with Crippen LogP contribution in [0.15, 0.2) is 12.1 Å². The van der Waals surface area contributed by atoms with E-state index in [4.69, 9.17) is 16.3 Å². The third-order valence-electron chi connectivity index (χ3n) is 2.17. The number of hydrogen-bond donors (Lipinski definition) is 0. The number of nitrogens with zero attached hydrogens (tertiary/aromatic N) is 2. The van der Waals surface area contributed by atoms with Gasteiger partial charge in [-0.1, -0.05) is 11.6 Å². The molecule has 1 aromatic heterocycles. The fraction of sp³-hybridized carbons (Fsp3) is 0.273. The first kappa shape index (κ1) is 12.0. The van der Waals surface area contributed by atoms with Crippen LogP contribution in [0.1, 0.15) is 12.6 Å². The number of hydrogen-bond acceptors (Lipinski definition) is 3. The van der Waals surface area contributed by atoms with E-state index in [9.17, 15) is 8.78 Å². The van der Waals surface area contributed by atoms with Gasteiger partial charge in [-0.2, -0.15) is 0 Å². The lowest BCUT2D eigenvalue weighted by Crippen LogP contribution is -1.98. The molecule has 6 heteroatoms. The Kier molecular flexibility index (Phi) is 3.38. The van der Waals surface area contributed by atoms with Crippen molar-refractivity contribution in [2.45, 2.75) is 13.6 Å². The molecule has 0 unspecified atom stereocenters. The van der Waals surface area contributed by atoms with Crippen molar-refractivity contribution in [1.29, 1.82) is 0 Å². The Morgan fingerprint density at radius 2 is 2.00 bits per heavy atom. The molecule has 90 valence electrons. The van der Waals surface area contributed by atoms with Crippen molar-refractivity contribution in [3.05, 3.63) is 28.8 Å². The molecule has 0 fully saturated rings. The zero-order valence-electron chi connectivity index (χ0n) is 9.01. The van der Waals surface area contributed by atoms with Crippen LogP contribution in [0.4, 0.5) is 8.78 Å². The van der Waals surface area contributed by atoms with Crippen molar-refractivity contribution in [1.82, 2.24) is 9.97 Å². The third kappa shape index (κ3) is 2.29. The number of rotatable bonds is 3. The highest BCUT2D eigenvalue weighted by atomic mass is 35.5. The maximum Gasteiger partial charge on any atom is 0.167 e. The molecule has 0 atom stereocenters. The number of halogens is 3. The van der Waals surface area contributed by atoms with Crippen LogP contribution in [0.5, 0.6) is 5.75 Å². The number of alkyl halides is 1. The standard InChI is InChI=1S/C11H9ClF2N2O/c1-2-17-10-4-8-7(3-6(10)14)15-9(5-13)11(12)16-8/h3-4H,2,5H2,1H3. The highest BCUT2D eigenvalue weighted by Gasteiger charge is 2.11. The normalized spacial score (nSPS) is 10.8. The van der Waals surface area contributed by atoms with Gasteiger partial charge in [0.2, 0.25) is 0 Å². The van der Waals surface area contributed by atoms with Gasteiger partial charge in [0.05, 0.1) is 17.6 Å². The Bertz CT molecular complexity index is 563. The number of benzene rings is 1. The fourth-order valence-electron chi connectivity index (χ4n) is 1.42. The molecule has 0 aliphatic heterocycles. The molecule has 0 N–H and O–H groups in total. The van der Waals surface area contributed by atoms with Crippen molar-refractivity contribution in [2.75, 3.05) is 6.61 Å². The Morgan fingerprint density at radius 3 is 2.65 bits per heavy atom. The van der Waals surface area contributed by atoms with Gasteiger partial charge in [0, 0.05) is 12.1 Å². The first-order chi connectivity index (χ1) is 8.15. The smallest absolute Gasteiger partial charge is 0.167 e. The quantitative estimate of drug-likeness (QED) is 0.847. The second kappa shape index (κ2) is 4.79. The van der Waals surface area contributed by atoms with Crippen LogP contribution in [-0.2, 0) is 6.67 Å². The lowest BCUT2D eigenvalue weighted by Gasteiger charge is -2.07. The SMILES string of the molecule is CCOc1cc2nc(Cl)c(CF)nc2cc1F. The molecule has 0 bridgehead atoms. The molecule has 0 saturated heterocycles. The maximum atomic E-state index is 13.5. The average molecular weight is 259 g/mol. The van der Waals surface area contributed by atoms with Crippen LogP contribution in [0.3, 0.4) is 0 Å². The number of ether oxygens (including phenoxy) is 1. The average Bonchev–Trinajstić information content (AvgIpc) is 2.30. The van der Waals surface area contributed by atoms with Gasteiger partial charge in [0.15, 0.2) is 16.7 Å². The molecule has 0 aliphatic rings. The Balaban J connectivity index is 2.62. The van der Waals surface area contributed by atoms with E-state index >= 15 is 0 Å². The zero-order chi connectivity index (χ0) is 12.4. The van der Waals surface area contributed by atoms with Gasteiger partial charge in [-0.15, -0.1) is 0 Å². The predicted molar refractivity (Wildman–Crippen MR) is 60.5 cm³/mol. The van der Waals surface area contributed by atoms with Crippen molar-refractivity contribution in [3.8, 4) is 5.75 Å². The van der Waals surface area contributed by atoms with E-state index in [2.05, 4.69) is 9.97 Å². The van der Waals surface area contributed by atoms with Gasteiger partial charge >= 0.3 is 0 Å². The largest absolute Gasteiger partial charge is 0.491 e. The lowest BCUT2D eigenvalue weighted by atomic mass is 10.2. The summed E-state index contributed by atoms with van der Waals surface area (Å²) in [5.41, 5.74) is 0.628. The summed E-state index contributed by atoms with van der Waals surface area (Å²) in [5.74, 6) is -0.473. The molecular formula is C11H9ClF2N2O. The molecule has 1 heterocycles. The maximum absolute atomic E-state index is 13.5. The summed E-state index contributed by atoms with van der Waals surface area (Å²) in [7, 11) is 0. The lowest BCUT2D eigenvalue weighted by molar-refractivity contribution is 0.322. The molecule has 1 aromatic carbocycles. The van der Waals surface area contributed by atoms with E-state index in [1.165, 1.54) is 6.07 Å². The van der Waals surface area contributed by atoms with Crippen molar-refractivity contribution in [2.24, 2.45) is 0 Å². The molecule has 2 aromatic rings. The Morgan fingerprint density at radius 1 is 1.29 bits per heavy atom. The van der Waals surface area contributed by atoms with Crippen molar-refractivity contribution in [3.63, 3.8) is 0 Å². The number of aromatic nitrogens is 2. The van der Waals surface area contributed by atoms with Crippen molar-refractivity contribution < 1.29 is 13.5 Å². The van der Waals surface area contributed by atoms with Crippen LogP contribution in [0, 0.1) is 5.82 Å². The van der Waals surface area contributed by atoms with Crippen LogP contribution < -0.4 is 4.74 Å². The van der Waals surface area contributed by atoms with Crippen LogP contribution >= 0.6 is 11.6 Å². The first-order valence-corrected chi connectivity index (χ1v) is 5.38. The second-order valence-corrected chi connectivity index (χ2v) is 3.66. The van der Waals surface area contributed by atoms with E-state index in [0.717, 1.165) is 6.07 Å². The van der Waals surface area contributed by atoms with Crippen LogP contribution in [0.2, 0.25) is 5.15 Å². The molecule has 0 spiro atoms. The van der Waals surface area contributed by atoms with Gasteiger partial charge in [0.25, 0.3) is 0 Å². The van der Waals surface area contributed by atoms with E-state index in [-0.39, 0.29) is 22.1 Å². The van der Waals surface area contributed by atoms with E-state index < -0.39 is 12.5 Å². The molecule has 0 aliphatic carbocycles. The highest BCUT2D eigenvalue weighted by molar-refractivity contribution is 6.30. The fourth-order valence-corrected chi connectivity index (χ4v) is 1.61. The van der Waals surface area contributed by atoms with Gasteiger partial charge in [-0.3, -0.25) is 0 Å². The number of fused-ring (bicyclic) bond motifs is 1. The van der Waals surface area contributed by atoms with Crippen LogP contribution in [0.25, 0.3) is 11.0 Å². The topological polar surface area (TPSA) is 35.0 Å². The Labute approximate surface area is 101 Å². The van der Waals surface area contributed by atoms with Gasteiger partial charge in [-0.25, -0.2) is 18.7 Å². The predicted octanol–water partition coefficient (Wildman–Crippen LogP) is 3.29. The molecule has 0 saturated carbocycles. The summed E-state index contributed by atoms with van der Waals surface area (Å²) >= 11 is 5.72. The summed E-state index contributed by atoms with van der Waals surface area (Å²) in [5, 5.41) is -0.0194. The van der Waals surface area contributed by atoms with E-state index in [1.807, 2.05) is 0 Å². The molecule has 0 radical (unpaired) electrons. The Hall–Kier alpha value is -1.49. The molecular weight excluding hydrogens is 250 g/mol. The minimum absolute atomic E-state index is 0.00252. The van der Waals surface area contributed by atoms with Gasteiger partial charge in [0.1, 0.15) is 12.4 Å². The van der Waals surface area contributed by atoms with E-state index in [0.29, 0.717) is 12.1 Å². The summed E-state index contributed by atoms with van der Waals surface area (Å²) in [6.07, 6.45) is 0. The summed E-state index contributed by atoms with van der Waals surface area (Å²) in [6.45, 7) is 1.25. The minimum atomic E-state index is -0.837. The van der Waals surface area contributed by atoms with E-state index in [1.54, 1.807) is 6.92 Å². The summed E-state index contributed by atoms with van der Waals surface area (Å²) in [4.78, 5) is 7.84.